The smallest absolute Gasteiger partial charge is 0.274 e. The highest BCUT2D eigenvalue weighted by atomic mass is 16.5. The van der Waals surface area contributed by atoms with E-state index in [0.29, 0.717) is 24.5 Å². The average Bonchev–Trinajstić information content (AvgIpc) is 3.20. The Labute approximate surface area is 168 Å². The maximum Gasteiger partial charge on any atom is 0.274 e. The van der Waals surface area contributed by atoms with Gasteiger partial charge in [0.1, 0.15) is 18.1 Å². The highest BCUT2D eigenvalue weighted by molar-refractivity contribution is 6.03. The number of nitrogens with zero attached hydrogens (tertiary/aromatic N) is 1. The molecule has 0 spiro atoms. The monoisotopic (exact) mass is 387 g/mol. The summed E-state index contributed by atoms with van der Waals surface area (Å²) < 4.78 is 5.77. The van der Waals surface area contributed by atoms with Gasteiger partial charge in [-0.15, -0.1) is 0 Å². The number of carbonyl (C=O) groups is 2. The molecule has 1 atom stereocenters. The number of benzene rings is 2. The SMILES string of the molecule is O=C1CCC(c2cccc(NC(=O)c3cc(OCc4ccccc4)ccn3)c2)N1. The van der Waals surface area contributed by atoms with Gasteiger partial charge < -0.3 is 15.4 Å². The van der Waals surface area contributed by atoms with Gasteiger partial charge in [-0.2, -0.15) is 0 Å². The number of ether oxygens (including phenoxy) is 1. The van der Waals surface area contributed by atoms with E-state index >= 15 is 0 Å². The van der Waals surface area contributed by atoms with Gasteiger partial charge in [0.25, 0.3) is 5.91 Å². The lowest BCUT2D eigenvalue weighted by molar-refractivity contribution is -0.119. The van der Waals surface area contributed by atoms with Crippen molar-refractivity contribution >= 4 is 17.5 Å². The Balaban J connectivity index is 1.41. The number of hydrogen-bond acceptors (Lipinski definition) is 4. The molecule has 6 nitrogen and oxygen atoms in total. The van der Waals surface area contributed by atoms with Crippen molar-refractivity contribution in [2.75, 3.05) is 5.32 Å². The second-order valence-corrected chi connectivity index (χ2v) is 6.89. The number of carbonyl (C=O) groups excluding carboxylic acids is 2. The molecule has 29 heavy (non-hydrogen) atoms. The molecule has 2 aromatic carbocycles. The molecule has 2 N–H and O–H groups in total. The van der Waals surface area contributed by atoms with Gasteiger partial charge in [0.2, 0.25) is 5.91 Å². The van der Waals surface area contributed by atoms with E-state index in [1.54, 1.807) is 18.3 Å². The zero-order valence-electron chi connectivity index (χ0n) is 15.8. The molecule has 1 unspecified atom stereocenters. The molecule has 1 aliphatic heterocycles. The summed E-state index contributed by atoms with van der Waals surface area (Å²) in [5.74, 6) is 0.320. The zero-order chi connectivity index (χ0) is 20.1. The number of hydrogen-bond donors (Lipinski definition) is 2. The standard InChI is InChI=1S/C23H21N3O3/c27-22-10-9-20(26-22)17-7-4-8-18(13-17)25-23(28)21-14-19(11-12-24-21)29-15-16-5-2-1-3-6-16/h1-8,11-14,20H,9-10,15H2,(H,25,28)(H,26,27). The summed E-state index contributed by atoms with van der Waals surface area (Å²) in [5, 5.41) is 5.80. The van der Waals surface area contributed by atoms with E-state index < -0.39 is 0 Å². The fourth-order valence-electron chi connectivity index (χ4n) is 3.26. The Morgan fingerprint density at radius 3 is 2.76 bits per heavy atom. The van der Waals surface area contributed by atoms with Crippen LogP contribution in [0, 0.1) is 0 Å². The molecule has 0 bridgehead atoms. The van der Waals surface area contributed by atoms with Crippen molar-refractivity contribution in [2.45, 2.75) is 25.5 Å². The van der Waals surface area contributed by atoms with E-state index in [1.165, 1.54) is 0 Å². The predicted molar refractivity (Wildman–Crippen MR) is 110 cm³/mol. The lowest BCUT2D eigenvalue weighted by atomic mass is 10.0. The van der Waals surface area contributed by atoms with Crippen molar-refractivity contribution in [1.29, 1.82) is 0 Å². The lowest BCUT2D eigenvalue weighted by Gasteiger charge is -2.13. The van der Waals surface area contributed by atoms with Crippen LogP contribution in [0.15, 0.2) is 72.9 Å². The van der Waals surface area contributed by atoms with Gasteiger partial charge in [-0.3, -0.25) is 14.6 Å². The van der Waals surface area contributed by atoms with E-state index in [0.717, 1.165) is 17.5 Å². The van der Waals surface area contributed by atoms with E-state index in [9.17, 15) is 9.59 Å². The average molecular weight is 387 g/mol. The van der Waals surface area contributed by atoms with Crippen molar-refractivity contribution in [3.63, 3.8) is 0 Å². The first-order chi connectivity index (χ1) is 14.2. The number of pyridine rings is 1. The largest absolute Gasteiger partial charge is 0.489 e. The Kier molecular flexibility index (Phi) is 5.52. The first-order valence-corrected chi connectivity index (χ1v) is 9.51. The molecule has 2 amide bonds. The second-order valence-electron chi connectivity index (χ2n) is 6.89. The maximum atomic E-state index is 12.6. The van der Waals surface area contributed by atoms with E-state index in [-0.39, 0.29) is 23.6 Å². The van der Waals surface area contributed by atoms with E-state index in [4.69, 9.17) is 4.74 Å². The van der Waals surface area contributed by atoms with Crippen LogP contribution in [0.4, 0.5) is 5.69 Å². The quantitative estimate of drug-likeness (QED) is 0.673. The number of nitrogens with one attached hydrogen (secondary N) is 2. The highest BCUT2D eigenvalue weighted by Crippen LogP contribution is 2.26. The molecule has 1 fully saturated rings. The van der Waals surface area contributed by atoms with Crippen LogP contribution in [-0.4, -0.2) is 16.8 Å². The molecule has 1 aromatic heterocycles. The maximum absolute atomic E-state index is 12.6. The van der Waals surface area contributed by atoms with Crippen molar-refractivity contribution in [3.8, 4) is 5.75 Å². The lowest BCUT2D eigenvalue weighted by Crippen LogP contribution is -2.18. The Hall–Kier alpha value is -3.67. The van der Waals surface area contributed by atoms with Crippen molar-refractivity contribution in [3.05, 3.63) is 89.7 Å². The van der Waals surface area contributed by atoms with E-state index in [2.05, 4.69) is 15.6 Å². The third kappa shape index (κ3) is 4.79. The third-order valence-electron chi connectivity index (χ3n) is 4.75. The Morgan fingerprint density at radius 2 is 1.97 bits per heavy atom. The van der Waals surface area contributed by atoms with Crippen molar-refractivity contribution < 1.29 is 14.3 Å². The van der Waals surface area contributed by atoms with Gasteiger partial charge in [0, 0.05) is 24.4 Å². The minimum Gasteiger partial charge on any atom is -0.489 e. The Morgan fingerprint density at radius 1 is 1.10 bits per heavy atom. The first-order valence-electron chi connectivity index (χ1n) is 9.51. The fraction of sp³-hybridized carbons (Fsp3) is 0.174. The normalized spacial score (nSPS) is 15.6. The molecule has 2 heterocycles. The highest BCUT2D eigenvalue weighted by Gasteiger charge is 2.22. The molecule has 3 aromatic rings. The molecule has 0 radical (unpaired) electrons. The minimum absolute atomic E-state index is 0.00723. The summed E-state index contributed by atoms with van der Waals surface area (Å²) in [6.45, 7) is 0.418. The number of amides is 2. The van der Waals surface area contributed by atoms with Gasteiger partial charge in [-0.25, -0.2) is 0 Å². The van der Waals surface area contributed by atoms with Crippen LogP contribution in [0.2, 0.25) is 0 Å². The fourth-order valence-corrected chi connectivity index (χ4v) is 3.26. The first kappa shape index (κ1) is 18.7. The molecule has 146 valence electrons. The van der Waals surface area contributed by atoms with Crippen LogP contribution in [-0.2, 0) is 11.4 Å². The molecule has 6 heteroatoms. The van der Waals surface area contributed by atoms with Crippen LogP contribution in [0.1, 0.15) is 40.5 Å². The number of rotatable bonds is 6. The molecule has 0 aliphatic carbocycles. The van der Waals surface area contributed by atoms with Crippen LogP contribution in [0.5, 0.6) is 5.75 Å². The van der Waals surface area contributed by atoms with Crippen molar-refractivity contribution in [1.82, 2.24) is 10.3 Å². The van der Waals surface area contributed by atoms with Gasteiger partial charge in [0.05, 0.1) is 6.04 Å². The summed E-state index contributed by atoms with van der Waals surface area (Å²) in [6.07, 6.45) is 2.85. The Bertz CT molecular complexity index is 1020. The van der Waals surface area contributed by atoms with Crippen LogP contribution in [0.25, 0.3) is 0 Å². The minimum atomic E-state index is -0.317. The van der Waals surface area contributed by atoms with Gasteiger partial charge >= 0.3 is 0 Å². The molecule has 4 rings (SSSR count). The number of aromatic nitrogens is 1. The molecular formula is C23H21N3O3. The summed E-state index contributed by atoms with van der Waals surface area (Å²) in [7, 11) is 0. The number of anilines is 1. The topological polar surface area (TPSA) is 80.3 Å². The summed E-state index contributed by atoms with van der Waals surface area (Å²) in [4.78, 5) is 28.2. The van der Waals surface area contributed by atoms with Gasteiger partial charge in [0.15, 0.2) is 0 Å². The zero-order valence-corrected chi connectivity index (χ0v) is 15.8. The van der Waals surface area contributed by atoms with E-state index in [1.807, 2.05) is 54.6 Å². The van der Waals surface area contributed by atoms with Crippen LogP contribution < -0.4 is 15.4 Å². The third-order valence-corrected chi connectivity index (χ3v) is 4.75. The van der Waals surface area contributed by atoms with Gasteiger partial charge in [-0.05, 0) is 35.7 Å². The predicted octanol–water partition coefficient (Wildman–Crippen LogP) is 3.86. The molecule has 0 saturated carbocycles. The summed E-state index contributed by atoms with van der Waals surface area (Å²) in [5.41, 5.74) is 2.95. The van der Waals surface area contributed by atoms with Crippen LogP contribution >= 0.6 is 0 Å². The van der Waals surface area contributed by atoms with Crippen LogP contribution in [0.3, 0.4) is 0 Å². The molecular weight excluding hydrogens is 366 g/mol. The molecule has 1 aliphatic rings. The van der Waals surface area contributed by atoms with Gasteiger partial charge in [-0.1, -0.05) is 42.5 Å². The molecule has 1 saturated heterocycles. The summed E-state index contributed by atoms with van der Waals surface area (Å²) >= 11 is 0. The summed E-state index contributed by atoms with van der Waals surface area (Å²) in [6, 6.07) is 20.7. The van der Waals surface area contributed by atoms with Crippen molar-refractivity contribution in [2.24, 2.45) is 0 Å². The second kappa shape index (κ2) is 8.56.